The van der Waals surface area contributed by atoms with E-state index >= 15 is 0 Å². The number of nitrogens with one attached hydrogen (secondary N) is 2. The van der Waals surface area contributed by atoms with Crippen LogP contribution in [0.3, 0.4) is 0 Å². The molecule has 4 nitrogen and oxygen atoms in total. The normalized spacial score (nSPS) is 15.4. The van der Waals surface area contributed by atoms with Gasteiger partial charge in [-0.15, -0.1) is 0 Å². The highest BCUT2D eigenvalue weighted by Gasteiger charge is 2.15. The number of amides is 1. The summed E-state index contributed by atoms with van der Waals surface area (Å²) in [7, 11) is 0. The van der Waals surface area contributed by atoms with Crippen molar-refractivity contribution in [2.75, 3.05) is 6.54 Å². The molecule has 0 saturated heterocycles. The molecule has 1 aromatic heterocycles. The quantitative estimate of drug-likeness (QED) is 0.907. The lowest BCUT2D eigenvalue weighted by Crippen LogP contribution is -2.28. The maximum Gasteiger partial charge on any atom is 0.267 e. The summed E-state index contributed by atoms with van der Waals surface area (Å²) >= 11 is 0. The summed E-state index contributed by atoms with van der Waals surface area (Å²) in [6.07, 6.45) is 6.22. The fourth-order valence-electron chi connectivity index (χ4n) is 3.12. The zero-order valence-corrected chi connectivity index (χ0v) is 12.0. The molecule has 4 heteroatoms. The Morgan fingerprint density at radius 1 is 1.24 bits per heavy atom. The minimum Gasteiger partial charge on any atom is -0.351 e. The van der Waals surface area contributed by atoms with Crippen molar-refractivity contribution in [1.82, 2.24) is 10.3 Å². The smallest absolute Gasteiger partial charge is 0.267 e. The van der Waals surface area contributed by atoms with Gasteiger partial charge in [0.2, 0.25) is 0 Å². The molecule has 0 spiro atoms. The van der Waals surface area contributed by atoms with E-state index in [2.05, 4.69) is 10.3 Å². The van der Waals surface area contributed by atoms with Crippen molar-refractivity contribution in [2.24, 2.45) is 5.92 Å². The van der Waals surface area contributed by atoms with Crippen molar-refractivity contribution in [2.45, 2.75) is 32.1 Å². The van der Waals surface area contributed by atoms with Gasteiger partial charge in [0.15, 0.2) is 0 Å². The van der Waals surface area contributed by atoms with Gasteiger partial charge in [-0.25, -0.2) is 0 Å². The van der Waals surface area contributed by atoms with E-state index in [0.717, 1.165) is 17.7 Å². The van der Waals surface area contributed by atoms with Crippen molar-refractivity contribution < 1.29 is 4.79 Å². The molecule has 1 amide bonds. The Balaban J connectivity index is 1.68. The number of hydrogen-bond acceptors (Lipinski definition) is 2. The minimum absolute atomic E-state index is 0.198. The monoisotopic (exact) mass is 284 g/mol. The molecule has 1 saturated carbocycles. The number of carbonyl (C=O) groups is 1. The Morgan fingerprint density at radius 2 is 2.00 bits per heavy atom. The van der Waals surface area contributed by atoms with Gasteiger partial charge < -0.3 is 10.3 Å². The maximum atomic E-state index is 12.1. The summed E-state index contributed by atoms with van der Waals surface area (Å²) in [5.74, 6) is 0.553. The van der Waals surface area contributed by atoms with Crippen molar-refractivity contribution >= 4 is 16.7 Å². The van der Waals surface area contributed by atoms with E-state index in [-0.39, 0.29) is 11.5 Å². The number of carbonyl (C=O) groups excluding carboxylic acids is 1. The number of benzene rings is 1. The van der Waals surface area contributed by atoms with Crippen molar-refractivity contribution in [1.29, 1.82) is 0 Å². The van der Waals surface area contributed by atoms with Crippen LogP contribution in [0, 0.1) is 5.92 Å². The van der Waals surface area contributed by atoms with Crippen LogP contribution in [-0.4, -0.2) is 17.4 Å². The SMILES string of the molecule is O=C(NCCC1CCCC1)c1cc2ccccc2c(=O)[nH]1. The molecule has 2 N–H and O–H groups in total. The second kappa shape index (κ2) is 6.12. The van der Waals surface area contributed by atoms with E-state index in [0.29, 0.717) is 17.6 Å². The standard InChI is InChI=1S/C17H20N2O2/c20-16-14-8-4-3-7-13(14)11-15(19-16)17(21)18-10-9-12-5-1-2-6-12/h3-4,7-8,11-12H,1-2,5-6,9-10H2,(H,18,21)(H,19,20). The van der Waals surface area contributed by atoms with Crippen LogP contribution in [0.1, 0.15) is 42.6 Å². The summed E-state index contributed by atoms with van der Waals surface area (Å²) in [6, 6.07) is 9.03. The highest BCUT2D eigenvalue weighted by Crippen LogP contribution is 2.26. The van der Waals surface area contributed by atoms with Crippen LogP contribution in [0.4, 0.5) is 0 Å². The third-order valence-corrected chi connectivity index (χ3v) is 4.31. The third kappa shape index (κ3) is 3.15. The molecule has 2 aromatic rings. The van der Waals surface area contributed by atoms with Crippen molar-refractivity contribution in [3.8, 4) is 0 Å². The van der Waals surface area contributed by atoms with Crippen molar-refractivity contribution in [3.63, 3.8) is 0 Å². The second-order valence-electron chi connectivity index (χ2n) is 5.79. The molecular weight excluding hydrogens is 264 g/mol. The first kappa shape index (κ1) is 13.9. The highest BCUT2D eigenvalue weighted by molar-refractivity contribution is 5.96. The van der Waals surface area contributed by atoms with E-state index in [9.17, 15) is 9.59 Å². The molecule has 3 rings (SSSR count). The lowest BCUT2D eigenvalue weighted by Gasteiger charge is -2.10. The van der Waals surface area contributed by atoms with Crippen LogP contribution in [0.25, 0.3) is 10.8 Å². The second-order valence-corrected chi connectivity index (χ2v) is 5.79. The summed E-state index contributed by atoms with van der Waals surface area (Å²) in [5.41, 5.74) is 0.124. The minimum atomic E-state index is -0.214. The fraction of sp³-hybridized carbons (Fsp3) is 0.412. The first-order valence-electron chi connectivity index (χ1n) is 7.64. The van der Waals surface area contributed by atoms with Gasteiger partial charge in [-0.3, -0.25) is 9.59 Å². The lowest BCUT2D eigenvalue weighted by atomic mass is 10.0. The average Bonchev–Trinajstić information content (AvgIpc) is 3.00. The van der Waals surface area contributed by atoms with Gasteiger partial charge in [0.05, 0.1) is 0 Å². The molecule has 1 aliphatic rings. The van der Waals surface area contributed by atoms with Gasteiger partial charge in [-0.05, 0) is 29.9 Å². The molecule has 1 fully saturated rings. The summed E-state index contributed by atoms with van der Waals surface area (Å²) in [6.45, 7) is 0.679. The van der Waals surface area contributed by atoms with Crippen LogP contribution < -0.4 is 10.9 Å². The summed E-state index contributed by atoms with van der Waals surface area (Å²) in [4.78, 5) is 26.7. The average molecular weight is 284 g/mol. The molecule has 0 radical (unpaired) electrons. The Hall–Kier alpha value is -2.10. The summed E-state index contributed by atoms with van der Waals surface area (Å²) < 4.78 is 0. The number of hydrogen-bond donors (Lipinski definition) is 2. The predicted octanol–water partition coefficient (Wildman–Crippen LogP) is 2.84. The molecule has 0 aliphatic heterocycles. The van der Waals surface area contributed by atoms with E-state index in [1.165, 1.54) is 25.7 Å². The van der Waals surface area contributed by atoms with Gasteiger partial charge in [0, 0.05) is 11.9 Å². The molecule has 0 bridgehead atoms. The van der Waals surface area contributed by atoms with Crippen molar-refractivity contribution in [3.05, 3.63) is 46.4 Å². The predicted molar refractivity (Wildman–Crippen MR) is 83.5 cm³/mol. The highest BCUT2D eigenvalue weighted by atomic mass is 16.2. The van der Waals surface area contributed by atoms with Crippen LogP contribution >= 0.6 is 0 Å². The number of aromatic amines is 1. The summed E-state index contributed by atoms with van der Waals surface area (Å²) in [5, 5.41) is 4.31. The topological polar surface area (TPSA) is 62.0 Å². The number of pyridine rings is 1. The first-order chi connectivity index (χ1) is 10.2. The van der Waals surface area contributed by atoms with Gasteiger partial charge in [-0.2, -0.15) is 0 Å². The molecule has 110 valence electrons. The zero-order chi connectivity index (χ0) is 14.7. The van der Waals surface area contributed by atoms with E-state index in [4.69, 9.17) is 0 Å². The van der Waals surface area contributed by atoms with Crippen LogP contribution in [-0.2, 0) is 0 Å². The Bertz CT molecular complexity index is 699. The molecule has 1 aromatic carbocycles. The third-order valence-electron chi connectivity index (χ3n) is 4.31. The Kier molecular flexibility index (Phi) is 4.04. The van der Waals surface area contributed by atoms with E-state index in [1.807, 2.05) is 18.2 Å². The molecular formula is C17H20N2O2. The Labute approximate surface area is 123 Å². The molecule has 1 heterocycles. The van der Waals surface area contributed by atoms with Gasteiger partial charge in [0.1, 0.15) is 5.69 Å². The molecule has 21 heavy (non-hydrogen) atoms. The molecule has 0 atom stereocenters. The number of fused-ring (bicyclic) bond motifs is 1. The fourth-order valence-corrected chi connectivity index (χ4v) is 3.12. The maximum absolute atomic E-state index is 12.1. The van der Waals surface area contributed by atoms with Gasteiger partial charge in [-0.1, -0.05) is 43.9 Å². The number of H-pyrrole nitrogens is 1. The largest absolute Gasteiger partial charge is 0.351 e. The van der Waals surface area contributed by atoms with Crippen LogP contribution in [0.5, 0.6) is 0 Å². The van der Waals surface area contributed by atoms with Gasteiger partial charge in [0.25, 0.3) is 11.5 Å². The lowest BCUT2D eigenvalue weighted by molar-refractivity contribution is 0.0946. The first-order valence-corrected chi connectivity index (χ1v) is 7.64. The van der Waals surface area contributed by atoms with Gasteiger partial charge >= 0.3 is 0 Å². The molecule has 0 unspecified atom stereocenters. The Morgan fingerprint density at radius 3 is 2.81 bits per heavy atom. The zero-order valence-electron chi connectivity index (χ0n) is 12.0. The van der Waals surface area contributed by atoms with E-state index in [1.54, 1.807) is 12.1 Å². The van der Waals surface area contributed by atoms with E-state index < -0.39 is 0 Å². The molecule has 1 aliphatic carbocycles. The van der Waals surface area contributed by atoms with Crippen LogP contribution in [0.2, 0.25) is 0 Å². The number of rotatable bonds is 4. The van der Waals surface area contributed by atoms with Crippen LogP contribution in [0.15, 0.2) is 35.1 Å². The number of aromatic nitrogens is 1.